The van der Waals surface area contributed by atoms with Crippen molar-refractivity contribution in [1.82, 2.24) is 0 Å². The smallest absolute Gasteiger partial charge is 0.0809 e. The van der Waals surface area contributed by atoms with Crippen LogP contribution < -0.4 is 5.73 Å². The van der Waals surface area contributed by atoms with E-state index >= 15 is 0 Å². The van der Waals surface area contributed by atoms with Gasteiger partial charge >= 0.3 is 0 Å². The quantitative estimate of drug-likeness (QED) is 0.829. The maximum Gasteiger partial charge on any atom is 0.0809 e. The Morgan fingerprint density at radius 3 is 2.18 bits per heavy atom. The Morgan fingerprint density at radius 1 is 1.24 bits per heavy atom. The molecule has 0 saturated carbocycles. The second-order valence-electron chi connectivity index (χ2n) is 5.01. The molecule has 0 aromatic heterocycles. The van der Waals surface area contributed by atoms with Gasteiger partial charge in [0.25, 0.3) is 0 Å². The van der Waals surface area contributed by atoms with Gasteiger partial charge in [-0.1, -0.05) is 29.8 Å². The molecule has 1 rings (SSSR count). The van der Waals surface area contributed by atoms with Crippen LogP contribution in [0.4, 0.5) is 0 Å². The van der Waals surface area contributed by atoms with Crippen molar-refractivity contribution >= 4 is 21.6 Å². The summed E-state index contributed by atoms with van der Waals surface area (Å²) in [4.78, 5) is 4.70. The van der Waals surface area contributed by atoms with Gasteiger partial charge in [-0.05, 0) is 43.6 Å². The number of aryl methyl sites for hydroxylation is 1. The molecule has 3 heteroatoms. The summed E-state index contributed by atoms with van der Waals surface area (Å²) in [5, 5.41) is 0. The lowest BCUT2D eigenvalue weighted by Gasteiger charge is -2.16. The lowest BCUT2D eigenvalue weighted by Crippen LogP contribution is -2.15. The number of hydrogen-bond acceptors (Lipinski definition) is 2. The fourth-order valence-electron chi connectivity index (χ4n) is 1.38. The van der Waals surface area contributed by atoms with Gasteiger partial charge in [0.2, 0.25) is 0 Å². The van der Waals surface area contributed by atoms with Gasteiger partial charge in [-0.3, -0.25) is 4.99 Å². The van der Waals surface area contributed by atoms with Gasteiger partial charge in [0.15, 0.2) is 0 Å². The SMILES string of the molecule is Cc1ccc(C(=NC(C)(C)C)C(Br)=CN)cc1. The topological polar surface area (TPSA) is 38.4 Å². The molecule has 0 atom stereocenters. The van der Waals surface area contributed by atoms with Gasteiger partial charge in [-0.15, -0.1) is 0 Å². The Balaban J connectivity index is 3.26. The van der Waals surface area contributed by atoms with E-state index in [2.05, 4.69) is 67.9 Å². The van der Waals surface area contributed by atoms with Crippen LogP contribution >= 0.6 is 15.9 Å². The molecule has 0 spiro atoms. The molecule has 92 valence electrons. The first-order valence-corrected chi connectivity index (χ1v) is 6.37. The number of aliphatic imine (C=N–C) groups is 1. The van der Waals surface area contributed by atoms with Gasteiger partial charge in [0.05, 0.1) is 15.7 Å². The van der Waals surface area contributed by atoms with Crippen LogP contribution in [0.25, 0.3) is 0 Å². The Bertz CT molecular complexity index is 436. The summed E-state index contributed by atoms with van der Waals surface area (Å²) < 4.78 is 0.816. The molecule has 0 aliphatic heterocycles. The molecular formula is C14H19BrN2. The summed E-state index contributed by atoms with van der Waals surface area (Å²) in [6.07, 6.45) is 1.53. The number of rotatable bonds is 2. The van der Waals surface area contributed by atoms with Crippen LogP contribution in [0.3, 0.4) is 0 Å². The van der Waals surface area contributed by atoms with Crippen molar-refractivity contribution in [3.63, 3.8) is 0 Å². The minimum atomic E-state index is -0.137. The molecule has 0 radical (unpaired) electrons. The van der Waals surface area contributed by atoms with E-state index in [9.17, 15) is 0 Å². The molecule has 0 aliphatic rings. The van der Waals surface area contributed by atoms with Crippen LogP contribution in [0.5, 0.6) is 0 Å². The zero-order valence-electron chi connectivity index (χ0n) is 10.8. The second kappa shape index (κ2) is 5.50. The minimum absolute atomic E-state index is 0.137. The maximum atomic E-state index is 5.57. The highest BCUT2D eigenvalue weighted by atomic mass is 79.9. The minimum Gasteiger partial charge on any atom is -0.404 e. The van der Waals surface area contributed by atoms with Crippen molar-refractivity contribution < 1.29 is 0 Å². The lowest BCUT2D eigenvalue weighted by molar-refractivity contribution is 0.584. The number of allylic oxidation sites excluding steroid dienone is 1. The second-order valence-corrected chi connectivity index (χ2v) is 5.87. The Kier molecular flexibility index (Phi) is 4.52. The van der Waals surface area contributed by atoms with Crippen LogP contribution in [-0.4, -0.2) is 11.3 Å². The molecule has 0 heterocycles. The highest BCUT2D eigenvalue weighted by Gasteiger charge is 2.13. The molecule has 2 N–H and O–H groups in total. The standard InChI is InChI=1S/C14H19BrN2/c1-10-5-7-11(8-6-10)13(12(15)9-16)17-14(2,3)4/h5-9H,16H2,1-4H3. The first kappa shape index (κ1) is 14.0. The van der Waals surface area contributed by atoms with Gasteiger partial charge in [0, 0.05) is 11.8 Å². The number of nitrogens with zero attached hydrogens (tertiary/aromatic N) is 1. The first-order chi connectivity index (χ1) is 7.83. The number of halogens is 1. The molecule has 1 aromatic carbocycles. The molecule has 0 amide bonds. The third-order valence-corrected chi connectivity index (χ3v) is 2.78. The van der Waals surface area contributed by atoms with Crippen LogP contribution in [0.1, 0.15) is 31.9 Å². The molecule has 17 heavy (non-hydrogen) atoms. The molecule has 2 nitrogen and oxygen atoms in total. The zero-order chi connectivity index (χ0) is 13.1. The van der Waals surface area contributed by atoms with Crippen LogP contribution in [-0.2, 0) is 0 Å². The zero-order valence-corrected chi connectivity index (χ0v) is 12.4. The predicted molar refractivity (Wildman–Crippen MR) is 78.7 cm³/mol. The summed E-state index contributed by atoms with van der Waals surface area (Å²) in [5.74, 6) is 0. The normalized spacial score (nSPS) is 13.9. The first-order valence-electron chi connectivity index (χ1n) is 5.58. The summed E-state index contributed by atoms with van der Waals surface area (Å²) in [5.41, 5.74) is 8.62. The van der Waals surface area contributed by atoms with Crippen LogP contribution in [0.15, 0.2) is 39.9 Å². The largest absolute Gasteiger partial charge is 0.404 e. The van der Waals surface area contributed by atoms with E-state index in [1.54, 1.807) is 0 Å². The summed E-state index contributed by atoms with van der Waals surface area (Å²) in [6.45, 7) is 8.27. The predicted octanol–water partition coefficient (Wildman–Crippen LogP) is 3.78. The summed E-state index contributed by atoms with van der Waals surface area (Å²) in [7, 11) is 0. The molecule has 0 saturated heterocycles. The molecular weight excluding hydrogens is 276 g/mol. The van der Waals surface area contributed by atoms with Crippen molar-refractivity contribution in [2.75, 3.05) is 0 Å². The fraction of sp³-hybridized carbons (Fsp3) is 0.357. The van der Waals surface area contributed by atoms with E-state index in [4.69, 9.17) is 10.7 Å². The lowest BCUT2D eigenvalue weighted by atomic mass is 10.1. The monoisotopic (exact) mass is 294 g/mol. The van der Waals surface area contributed by atoms with Gasteiger partial charge in [-0.25, -0.2) is 0 Å². The van der Waals surface area contributed by atoms with E-state index < -0.39 is 0 Å². The van der Waals surface area contributed by atoms with E-state index in [0.29, 0.717) is 0 Å². The molecule has 0 bridgehead atoms. The highest BCUT2D eigenvalue weighted by Crippen LogP contribution is 2.19. The van der Waals surface area contributed by atoms with E-state index in [1.165, 1.54) is 11.8 Å². The van der Waals surface area contributed by atoms with Gasteiger partial charge in [0.1, 0.15) is 0 Å². The third-order valence-electron chi connectivity index (χ3n) is 2.14. The number of hydrogen-bond donors (Lipinski definition) is 1. The summed E-state index contributed by atoms with van der Waals surface area (Å²) >= 11 is 3.46. The molecule has 0 fully saturated rings. The summed E-state index contributed by atoms with van der Waals surface area (Å²) in [6, 6.07) is 8.27. The van der Waals surface area contributed by atoms with Crippen molar-refractivity contribution in [1.29, 1.82) is 0 Å². The fourth-order valence-corrected chi connectivity index (χ4v) is 1.70. The van der Waals surface area contributed by atoms with Gasteiger partial charge < -0.3 is 5.73 Å². The number of benzene rings is 1. The Hall–Kier alpha value is -1.09. The molecule has 1 aromatic rings. The van der Waals surface area contributed by atoms with Crippen molar-refractivity contribution in [2.24, 2.45) is 10.7 Å². The van der Waals surface area contributed by atoms with E-state index in [-0.39, 0.29) is 5.54 Å². The Labute approximate surface area is 112 Å². The maximum absolute atomic E-state index is 5.57. The average molecular weight is 295 g/mol. The molecule has 0 aliphatic carbocycles. The molecule has 0 unspecified atom stereocenters. The van der Waals surface area contributed by atoms with Crippen molar-refractivity contribution in [2.45, 2.75) is 33.2 Å². The van der Waals surface area contributed by atoms with E-state index in [0.717, 1.165) is 15.8 Å². The van der Waals surface area contributed by atoms with Crippen LogP contribution in [0.2, 0.25) is 0 Å². The Morgan fingerprint density at radius 2 is 1.76 bits per heavy atom. The van der Waals surface area contributed by atoms with Crippen molar-refractivity contribution in [3.05, 3.63) is 46.1 Å². The number of nitrogens with two attached hydrogens (primary N) is 1. The highest BCUT2D eigenvalue weighted by molar-refractivity contribution is 9.12. The van der Waals surface area contributed by atoms with Gasteiger partial charge in [-0.2, -0.15) is 0 Å². The average Bonchev–Trinajstić information content (AvgIpc) is 2.25. The van der Waals surface area contributed by atoms with Crippen LogP contribution in [0, 0.1) is 6.92 Å². The van der Waals surface area contributed by atoms with Crippen molar-refractivity contribution in [3.8, 4) is 0 Å². The third kappa shape index (κ3) is 4.35. The van der Waals surface area contributed by atoms with E-state index in [1.807, 2.05) is 0 Å².